The highest BCUT2D eigenvalue weighted by Gasteiger charge is 2.29. The lowest BCUT2D eigenvalue weighted by molar-refractivity contribution is 0.0631. The molecule has 1 amide bonds. The van der Waals surface area contributed by atoms with E-state index in [0.29, 0.717) is 6.61 Å². The van der Waals surface area contributed by atoms with Crippen molar-refractivity contribution in [3.05, 3.63) is 28.8 Å². The molecule has 0 N–H and O–H groups in total. The third-order valence-electron chi connectivity index (χ3n) is 3.74. The number of thiazole rings is 1. The van der Waals surface area contributed by atoms with Crippen molar-refractivity contribution in [1.29, 1.82) is 0 Å². The van der Waals surface area contributed by atoms with Crippen LogP contribution < -0.4 is 0 Å². The molecule has 20 heavy (non-hydrogen) atoms. The molecule has 0 radical (unpaired) electrons. The highest BCUT2D eigenvalue weighted by molar-refractivity contribution is 7.18. The average Bonchev–Trinajstić information content (AvgIpc) is 3.02. The Kier molecular flexibility index (Phi) is 3.72. The molecule has 2 aromatic rings. The summed E-state index contributed by atoms with van der Waals surface area (Å²) in [6, 6.07) is 6.00. The first-order valence-electron chi connectivity index (χ1n) is 6.86. The molecular weight excluding hydrogens is 272 g/mol. The molecule has 106 valence electrons. The van der Waals surface area contributed by atoms with Crippen molar-refractivity contribution < 1.29 is 9.53 Å². The van der Waals surface area contributed by atoms with Gasteiger partial charge in [-0.25, -0.2) is 4.98 Å². The monoisotopic (exact) mass is 290 g/mol. The van der Waals surface area contributed by atoms with Gasteiger partial charge < -0.3 is 9.64 Å². The minimum absolute atomic E-state index is 0.109. The maximum Gasteiger partial charge on any atom is 0.254 e. The molecule has 0 saturated carbocycles. The summed E-state index contributed by atoms with van der Waals surface area (Å²) in [6.45, 7) is 3.43. The van der Waals surface area contributed by atoms with Gasteiger partial charge in [0.05, 0.1) is 27.9 Å². The van der Waals surface area contributed by atoms with Crippen LogP contribution in [0.1, 0.15) is 28.2 Å². The van der Waals surface area contributed by atoms with E-state index in [4.69, 9.17) is 4.74 Å². The Bertz CT molecular complexity index is 638. The van der Waals surface area contributed by atoms with Crippen molar-refractivity contribution in [1.82, 2.24) is 9.88 Å². The average molecular weight is 290 g/mol. The van der Waals surface area contributed by atoms with E-state index < -0.39 is 0 Å². The molecular formula is C15H18N2O2S. The van der Waals surface area contributed by atoms with E-state index in [2.05, 4.69) is 4.98 Å². The van der Waals surface area contributed by atoms with Crippen LogP contribution in [0.4, 0.5) is 0 Å². The van der Waals surface area contributed by atoms with E-state index >= 15 is 0 Å². The van der Waals surface area contributed by atoms with E-state index in [0.717, 1.165) is 40.2 Å². The van der Waals surface area contributed by atoms with Crippen LogP contribution in [-0.2, 0) is 4.74 Å². The summed E-state index contributed by atoms with van der Waals surface area (Å²) in [5, 5.41) is 1.03. The third-order valence-corrected chi connectivity index (χ3v) is 4.67. The van der Waals surface area contributed by atoms with Crippen LogP contribution >= 0.6 is 11.3 Å². The second-order valence-corrected chi connectivity index (χ2v) is 6.40. The van der Waals surface area contributed by atoms with E-state index in [1.165, 1.54) is 0 Å². The lowest BCUT2D eigenvalue weighted by Crippen LogP contribution is -2.38. The van der Waals surface area contributed by atoms with E-state index in [9.17, 15) is 4.79 Å². The molecule has 5 heteroatoms. The molecule has 4 nitrogen and oxygen atoms in total. The minimum atomic E-state index is 0.109. The summed E-state index contributed by atoms with van der Waals surface area (Å²) in [4.78, 5) is 19.0. The number of carbonyl (C=O) groups is 1. The van der Waals surface area contributed by atoms with Crippen LogP contribution in [0.25, 0.3) is 10.2 Å². The quantitative estimate of drug-likeness (QED) is 0.873. The van der Waals surface area contributed by atoms with Crippen LogP contribution in [-0.4, -0.2) is 42.1 Å². The summed E-state index contributed by atoms with van der Waals surface area (Å²) in [6.07, 6.45) is 2.09. The van der Waals surface area contributed by atoms with E-state index in [1.54, 1.807) is 18.4 Å². The number of fused-ring (bicyclic) bond motifs is 1. The number of nitrogens with zero attached hydrogens (tertiary/aromatic N) is 2. The number of aryl methyl sites for hydroxylation is 1. The van der Waals surface area contributed by atoms with Crippen molar-refractivity contribution in [2.24, 2.45) is 0 Å². The second kappa shape index (κ2) is 5.50. The molecule has 2 heterocycles. The number of carbonyl (C=O) groups excluding carboxylic acids is 1. The van der Waals surface area contributed by atoms with Crippen LogP contribution in [0.15, 0.2) is 18.2 Å². The van der Waals surface area contributed by atoms with Gasteiger partial charge in [-0.1, -0.05) is 0 Å². The number of amides is 1. The lowest BCUT2D eigenvalue weighted by atomic mass is 10.1. The smallest absolute Gasteiger partial charge is 0.254 e. The van der Waals surface area contributed by atoms with Gasteiger partial charge in [-0.05, 0) is 38.0 Å². The first kappa shape index (κ1) is 13.5. The standard InChI is InChI=1S/C15H18N2O2S/c1-10-16-13-6-5-11(8-14(13)20-10)15(18)17-7-3-4-12(17)9-19-2/h5-6,8,12H,3-4,7,9H2,1-2H3/t12-/m1/s1. The topological polar surface area (TPSA) is 42.4 Å². The molecule has 1 aromatic heterocycles. The number of hydrogen-bond acceptors (Lipinski definition) is 4. The first-order valence-corrected chi connectivity index (χ1v) is 7.68. The molecule has 0 bridgehead atoms. The second-order valence-electron chi connectivity index (χ2n) is 5.17. The van der Waals surface area contributed by atoms with E-state index in [-0.39, 0.29) is 11.9 Å². The normalized spacial score (nSPS) is 18.9. The zero-order valence-electron chi connectivity index (χ0n) is 11.8. The molecule has 0 unspecified atom stereocenters. The van der Waals surface area contributed by atoms with Gasteiger partial charge >= 0.3 is 0 Å². The Morgan fingerprint density at radius 2 is 2.40 bits per heavy atom. The Morgan fingerprint density at radius 1 is 1.55 bits per heavy atom. The Balaban J connectivity index is 1.87. The number of hydrogen-bond donors (Lipinski definition) is 0. The van der Waals surface area contributed by atoms with Crippen molar-refractivity contribution in [2.45, 2.75) is 25.8 Å². The molecule has 1 saturated heterocycles. The van der Waals surface area contributed by atoms with Crippen LogP contribution in [0.2, 0.25) is 0 Å². The molecule has 1 aromatic carbocycles. The molecule has 1 atom stereocenters. The van der Waals surface area contributed by atoms with Gasteiger partial charge in [0, 0.05) is 19.2 Å². The Morgan fingerprint density at radius 3 is 3.20 bits per heavy atom. The van der Waals surface area contributed by atoms with Gasteiger partial charge in [0.15, 0.2) is 0 Å². The first-order chi connectivity index (χ1) is 9.69. The van der Waals surface area contributed by atoms with Gasteiger partial charge in [-0.2, -0.15) is 0 Å². The van der Waals surface area contributed by atoms with Gasteiger partial charge in [-0.3, -0.25) is 4.79 Å². The maximum absolute atomic E-state index is 12.6. The van der Waals surface area contributed by atoms with Crippen molar-refractivity contribution in [2.75, 3.05) is 20.3 Å². The fourth-order valence-corrected chi connectivity index (χ4v) is 3.67. The molecule has 1 aliphatic rings. The van der Waals surface area contributed by atoms with Crippen molar-refractivity contribution >= 4 is 27.5 Å². The number of aromatic nitrogens is 1. The van der Waals surface area contributed by atoms with Crippen molar-refractivity contribution in [3.8, 4) is 0 Å². The molecule has 0 spiro atoms. The zero-order chi connectivity index (χ0) is 14.1. The van der Waals surface area contributed by atoms with Gasteiger partial charge in [0.1, 0.15) is 0 Å². The Hall–Kier alpha value is -1.46. The highest BCUT2D eigenvalue weighted by atomic mass is 32.1. The van der Waals surface area contributed by atoms with Gasteiger partial charge in [0.25, 0.3) is 5.91 Å². The lowest BCUT2D eigenvalue weighted by Gasteiger charge is -2.24. The summed E-state index contributed by atoms with van der Waals surface area (Å²) in [7, 11) is 1.69. The fraction of sp³-hybridized carbons (Fsp3) is 0.467. The van der Waals surface area contributed by atoms with E-state index in [1.807, 2.05) is 30.0 Å². The highest BCUT2D eigenvalue weighted by Crippen LogP contribution is 2.25. The van der Waals surface area contributed by atoms with Crippen molar-refractivity contribution in [3.63, 3.8) is 0 Å². The summed E-state index contributed by atoms with van der Waals surface area (Å²) >= 11 is 1.63. The van der Waals surface area contributed by atoms with Crippen LogP contribution in [0.5, 0.6) is 0 Å². The molecule has 1 fully saturated rings. The number of rotatable bonds is 3. The van der Waals surface area contributed by atoms with Crippen LogP contribution in [0.3, 0.4) is 0 Å². The van der Waals surface area contributed by atoms with Gasteiger partial charge in [-0.15, -0.1) is 11.3 Å². The zero-order valence-corrected chi connectivity index (χ0v) is 12.6. The molecule has 3 rings (SSSR count). The SMILES string of the molecule is COC[C@H]1CCCN1C(=O)c1ccc2nc(C)sc2c1. The summed E-state index contributed by atoms with van der Waals surface area (Å²) in [5.41, 5.74) is 1.73. The summed E-state index contributed by atoms with van der Waals surface area (Å²) in [5.74, 6) is 0.109. The fourth-order valence-electron chi connectivity index (χ4n) is 2.81. The Labute approximate surface area is 122 Å². The van der Waals surface area contributed by atoms with Crippen LogP contribution in [0, 0.1) is 6.92 Å². The summed E-state index contributed by atoms with van der Waals surface area (Å²) < 4.78 is 6.29. The number of benzene rings is 1. The molecule has 0 aliphatic carbocycles. The number of methoxy groups -OCH3 is 1. The largest absolute Gasteiger partial charge is 0.383 e. The van der Waals surface area contributed by atoms with Gasteiger partial charge in [0.2, 0.25) is 0 Å². The number of ether oxygens (including phenoxy) is 1. The minimum Gasteiger partial charge on any atom is -0.383 e. The maximum atomic E-state index is 12.6. The third kappa shape index (κ3) is 2.43. The molecule has 1 aliphatic heterocycles. The predicted octanol–water partition coefficient (Wildman–Crippen LogP) is 2.86. The predicted molar refractivity (Wildman–Crippen MR) is 80.3 cm³/mol. The number of likely N-dealkylation sites (tertiary alicyclic amines) is 1.